The van der Waals surface area contributed by atoms with E-state index in [9.17, 15) is 4.79 Å². The van der Waals surface area contributed by atoms with Crippen LogP contribution in [0.25, 0.3) is 0 Å². The Labute approximate surface area is 47.3 Å². The van der Waals surface area contributed by atoms with Crippen LogP contribution in [0.1, 0.15) is 0 Å². The van der Waals surface area contributed by atoms with E-state index in [2.05, 4.69) is 11.5 Å². The molecule has 1 aliphatic rings. The van der Waals surface area contributed by atoms with Crippen molar-refractivity contribution >= 4 is 6.29 Å². The van der Waals surface area contributed by atoms with Gasteiger partial charge in [-0.15, -0.1) is 0 Å². The fourth-order valence-electron chi connectivity index (χ4n) is 0.435. The van der Waals surface area contributed by atoms with E-state index >= 15 is 0 Å². The Morgan fingerprint density at radius 1 is 1.62 bits per heavy atom. The van der Waals surface area contributed by atoms with Gasteiger partial charge in [0.25, 0.3) is 0 Å². The molecule has 0 radical (unpaired) electrons. The van der Waals surface area contributed by atoms with Crippen LogP contribution in [-0.4, -0.2) is 6.29 Å². The molecule has 0 aliphatic heterocycles. The molecule has 0 spiro atoms. The molecule has 1 nitrogen and oxygen atoms in total. The monoisotopic (exact) mass is 104 g/mol. The first-order chi connectivity index (χ1) is 3.93. The third-order valence-electron chi connectivity index (χ3n) is 0.799. The topological polar surface area (TPSA) is 17.1 Å². The summed E-state index contributed by atoms with van der Waals surface area (Å²) >= 11 is 0. The number of allylic oxidation sites excluding steroid dienone is 4. The second-order valence-corrected chi connectivity index (χ2v) is 1.37. The van der Waals surface area contributed by atoms with Gasteiger partial charge in [-0.25, -0.2) is 0 Å². The maximum Gasteiger partial charge on any atom is 0.158 e. The van der Waals surface area contributed by atoms with Crippen LogP contribution in [0.15, 0.2) is 35.3 Å². The van der Waals surface area contributed by atoms with Crippen LogP contribution in [0.3, 0.4) is 0 Å². The van der Waals surface area contributed by atoms with E-state index in [4.69, 9.17) is 0 Å². The Kier molecular flexibility index (Phi) is 1.29. The zero-order valence-electron chi connectivity index (χ0n) is 4.22. The molecule has 1 rings (SSSR count). The van der Waals surface area contributed by atoms with E-state index in [1.807, 2.05) is 0 Å². The third kappa shape index (κ3) is 0.855. The van der Waals surface area contributed by atoms with Crippen molar-refractivity contribution in [1.82, 2.24) is 0 Å². The number of hydrogen-bond donors (Lipinski definition) is 0. The van der Waals surface area contributed by atoms with Gasteiger partial charge in [0.1, 0.15) is 0 Å². The Morgan fingerprint density at radius 2 is 2.50 bits per heavy atom. The summed E-state index contributed by atoms with van der Waals surface area (Å²) in [4.78, 5) is 9.96. The van der Waals surface area contributed by atoms with Crippen molar-refractivity contribution in [3.05, 3.63) is 35.3 Å². The molecular weight excluding hydrogens is 100 g/mol. The number of carbonyl (C=O) groups is 1. The van der Waals surface area contributed by atoms with Gasteiger partial charge in [-0.2, -0.15) is 0 Å². The van der Waals surface area contributed by atoms with Crippen LogP contribution < -0.4 is 0 Å². The SMILES string of the molecule is O=CC1=C=C=CC=C1. The van der Waals surface area contributed by atoms with E-state index in [0.717, 1.165) is 6.29 Å². The average molecular weight is 104 g/mol. The van der Waals surface area contributed by atoms with Gasteiger partial charge in [0.2, 0.25) is 0 Å². The standard InChI is InChI=1S/C7H4O/c8-6-7-4-2-1-3-5-7/h1-2,4,6H. The highest BCUT2D eigenvalue weighted by atomic mass is 16.1. The minimum absolute atomic E-state index is 0.549. The zero-order valence-corrected chi connectivity index (χ0v) is 4.22. The van der Waals surface area contributed by atoms with Gasteiger partial charge >= 0.3 is 0 Å². The van der Waals surface area contributed by atoms with Crippen molar-refractivity contribution in [2.45, 2.75) is 0 Å². The molecule has 0 saturated carbocycles. The minimum Gasteiger partial charge on any atom is -0.297 e. The molecule has 0 aromatic rings. The Bertz CT molecular complexity index is 221. The lowest BCUT2D eigenvalue weighted by molar-refractivity contribution is -0.104. The van der Waals surface area contributed by atoms with E-state index < -0.39 is 0 Å². The van der Waals surface area contributed by atoms with Crippen LogP contribution in [0, 0.1) is 0 Å². The quantitative estimate of drug-likeness (QED) is 0.358. The molecule has 0 unspecified atom stereocenters. The first-order valence-electron chi connectivity index (χ1n) is 2.27. The molecule has 0 aromatic heterocycles. The fourth-order valence-corrected chi connectivity index (χ4v) is 0.435. The summed E-state index contributed by atoms with van der Waals surface area (Å²) in [5.74, 6) is 0. The summed E-state index contributed by atoms with van der Waals surface area (Å²) in [5, 5.41) is 0. The lowest BCUT2D eigenvalue weighted by Crippen LogP contribution is -1.74. The van der Waals surface area contributed by atoms with Gasteiger partial charge in [-0.3, -0.25) is 4.79 Å². The first kappa shape index (κ1) is 4.86. The molecule has 1 aliphatic carbocycles. The van der Waals surface area contributed by atoms with Gasteiger partial charge in [0, 0.05) is 0 Å². The molecule has 0 heterocycles. The normalized spacial score (nSPS) is 13.8. The lowest BCUT2D eigenvalue weighted by Gasteiger charge is -1.80. The Hall–Kier alpha value is -1.29. The second-order valence-electron chi connectivity index (χ2n) is 1.37. The van der Waals surface area contributed by atoms with Gasteiger partial charge < -0.3 is 0 Å². The van der Waals surface area contributed by atoms with Gasteiger partial charge in [0.05, 0.1) is 5.57 Å². The molecule has 0 amide bonds. The van der Waals surface area contributed by atoms with E-state index in [-0.39, 0.29) is 0 Å². The van der Waals surface area contributed by atoms with Crippen molar-refractivity contribution in [2.24, 2.45) is 0 Å². The molecule has 8 heavy (non-hydrogen) atoms. The molecule has 0 saturated heterocycles. The number of rotatable bonds is 1. The van der Waals surface area contributed by atoms with Gasteiger partial charge in [0.15, 0.2) is 6.29 Å². The lowest BCUT2D eigenvalue weighted by atomic mass is 10.2. The van der Waals surface area contributed by atoms with E-state index in [0.29, 0.717) is 5.57 Å². The number of aldehydes is 1. The summed E-state index contributed by atoms with van der Waals surface area (Å²) in [6.07, 6.45) is 5.88. The van der Waals surface area contributed by atoms with Crippen molar-refractivity contribution in [3.63, 3.8) is 0 Å². The highest BCUT2D eigenvalue weighted by Crippen LogP contribution is 1.92. The van der Waals surface area contributed by atoms with Crippen LogP contribution >= 0.6 is 0 Å². The van der Waals surface area contributed by atoms with Gasteiger partial charge in [-0.1, -0.05) is 17.5 Å². The van der Waals surface area contributed by atoms with E-state index in [1.165, 1.54) is 0 Å². The Balaban J connectivity index is 3.10. The molecule has 0 fully saturated rings. The maximum absolute atomic E-state index is 9.96. The number of carbonyl (C=O) groups excluding carboxylic acids is 1. The Morgan fingerprint density at radius 3 is 2.88 bits per heavy atom. The second kappa shape index (κ2) is 2.13. The van der Waals surface area contributed by atoms with Crippen molar-refractivity contribution in [3.8, 4) is 0 Å². The van der Waals surface area contributed by atoms with Crippen molar-refractivity contribution in [2.75, 3.05) is 0 Å². The summed E-state index contributed by atoms with van der Waals surface area (Å²) in [7, 11) is 0. The molecule has 0 N–H and O–H groups in total. The molecule has 0 bridgehead atoms. The molecule has 1 heteroatoms. The van der Waals surface area contributed by atoms with Crippen molar-refractivity contribution in [1.29, 1.82) is 0 Å². The highest BCUT2D eigenvalue weighted by Gasteiger charge is 1.83. The van der Waals surface area contributed by atoms with Crippen LogP contribution in [0.4, 0.5) is 0 Å². The first-order valence-corrected chi connectivity index (χ1v) is 2.27. The smallest absolute Gasteiger partial charge is 0.158 e. The summed E-state index contributed by atoms with van der Waals surface area (Å²) in [6, 6.07) is 0. The van der Waals surface area contributed by atoms with Crippen LogP contribution in [0.2, 0.25) is 0 Å². The summed E-state index contributed by atoms with van der Waals surface area (Å²) in [5.41, 5.74) is 5.83. The predicted molar refractivity (Wildman–Crippen MR) is 30.3 cm³/mol. The van der Waals surface area contributed by atoms with Crippen molar-refractivity contribution < 1.29 is 4.79 Å². The summed E-state index contributed by atoms with van der Waals surface area (Å²) in [6.45, 7) is 0. The summed E-state index contributed by atoms with van der Waals surface area (Å²) < 4.78 is 0. The molecule has 0 aromatic carbocycles. The highest BCUT2D eigenvalue weighted by molar-refractivity contribution is 5.77. The molecular formula is C7H4O. The predicted octanol–water partition coefficient (Wildman–Crippen LogP) is 0.992. The van der Waals surface area contributed by atoms with Crippen LogP contribution in [-0.2, 0) is 4.79 Å². The molecule has 38 valence electrons. The van der Waals surface area contributed by atoms with Gasteiger partial charge in [-0.05, 0) is 12.2 Å². The molecule has 0 atom stereocenters. The zero-order chi connectivity index (χ0) is 5.82. The third-order valence-corrected chi connectivity index (χ3v) is 0.799. The van der Waals surface area contributed by atoms with Crippen LogP contribution in [0.5, 0.6) is 0 Å². The van der Waals surface area contributed by atoms with E-state index in [1.54, 1.807) is 18.2 Å². The fraction of sp³-hybridized carbons (Fsp3) is 0. The largest absolute Gasteiger partial charge is 0.297 e. The average Bonchev–Trinajstić information content (AvgIpc) is 1.90. The minimum atomic E-state index is 0.549. The maximum atomic E-state index is 9.96. The number of hydrogen-bond acceptors (Lipinski definition) is 1.